The first-order valence-electron chi connectivity index (χ1n) is 7.34. The van der Waals surface area contributed by atoms with Gasteiger partial charge in [-0.1, -0.05) is 38.8 Å². The van der Waals surface area contributed by atoms with Crippen molar-refractivity contribution in [2.24, 2.45) is 0 Å². The average molecular weight is 295 g/mol. The molecule has 4 heteroatoms. The van der Waals surface area contributed by atoms with Crippen LogP contribution in [0.4, 0.5) is 10.5 Å². The minimum absolute atomic E-state index is 0.00488. The predicted octanol–water partition coefficient (Wildman–Crippen LogP) is 5.19. The average Bonchev–Trinajstić information content (AvgIpc) is 2.43. The van der Waals surface area contributed by atoms with Gasteiger partial charge in [0, 0.05) is 4.90 Å². The van der Waals surface area contributed by atoms with Gasteiger partial charge >= 0.3 is 6.09 Å². The lowest BCUT2D eigenvalue weighted by Crippen LogP contribution is -2.22. The summed E-state index contributed by atoms with van der Waals surface area (Å²) in [6.45, 7) is 6.17. The van der Waals surface area contributed by atoms with Crippen LogP contribution in [-0.4, -0.2) is 12.2 Å². The normalized spacial score (nSPS) is 12.0. The van der Waals surface area contributed by atoms with E-state index in [9.17, 15) is 4.79 Å². The number of ether oxygens (including phenoxy) is 1. The first kappa shape index (κ1) is 16.9. The Morgan fingerprint density at radius 1 is 1.35 bits per heavy atom. The molecular weight excluding hydrogens is 270 g/mol. The van der Waals surface area contributed by atoms with E-state index in [0.29, 0.717) is 5.69 Å². The fourth-order valence-electron chi connectivity index (χ4n) is 2.02. The molecule has 0 spiro atoms. The van der Waals surface area contributed by atoms with E-state index in [1.807, 2.05) is 32.0 Å². The number of rotatable bonds is 7. The Bertz CT molecular complexity index is 434. The Labute approximate surface area is 127 Å². The summed E-state index contributed by atoms with van der Waals surface area (Å²) in [5.74, 6) is 0. The van der Waals surface area contributed by atoms with Crippen LogP contribution in [0.5, 0.6) is 0 Å². The van der Waals surface area contributed by atoms with E-state index in [2.05, 4.69) is 24.9 Å². The molecule has 112 valence electrons. The number of carbonyl (C=O) groups excluding carboxylic acids is 1. The van der Waals surface area contributed by atoms with Crippen LogP contribution < -0.4 is 5.32 Å². The van der Waals surface area contributed by atoms with Crippen LogP contribution >= 0.6 is 12.6 Å². The molecule has 0 saturated heterocycles. The molecule has 3 nitrogen and oxygen atoms in total. The van der Waals surface area contributed by atoms with Gasteiger partial charge < -0.3 is 4.74 Å². The van der Waals surface area contributed by atoms with E-state index in [4.69, 9.17) is 4.74 Å². The number of unbranched alkanes of at least 4 members (excludes halogenated alkanes) is 2. The van der Waals surface area contributed by atoms with Crippen molar-refractivity contribution in [1.29, 1.82) is 0 Å². The van der Waals surface area contributed by atoms with Crippen molar-refractivity contribution in [2.45, 2.75) is 63.9 Å². The number of carbonyl (C=O) groups is 1. The summed E-state index contributed by atoms with van der Waals surface area (Å²) in [6.07, 6.45) is 4.83. The fourth-order valence-corrected chi connectivity index (χ4v) is 2.22. The maximum Gasteiger partial charge on any atom is 0.411 e. The lowest BCUT2D eigenvalue weighted by molar-refractivity contribution is 0.101. The van der Waals surface area contributed by atoms with Crippen LogP contribution in [0.1, 0.15) is 51.5 Å². The van der Waals surface area contributed by atoms with Crippen LogP contribution in [0.2, 0.25) is 0 Å². The molecule has 1 aromatic rings. The van der Waals surface area contributed by atoms with Crippen LogP contribution in [0.15, 0.2) is 23.1 Å². The standard InChI is InChI=1S/C16H25NO2S/c1-4-6-7-10-13(5-2)19-16(18)17-14-11-8-9-12(3)15(14)20/h8-9,11,13,20H,4-7,10H2,1-3H3,(H,17,18). The second kappa shape index (κ2) is 8.90. The van der Waals surface area contributed by atoms with Crippen molar-refractivity contribution in [3.63, 3.8) is 0 Å². The minimum Gasteiger partial charge on any atom is -0.446 e. The molecule has 0 saturated carbocycles. The number of anilines is 1. The summed E-state index contributed by atoms with van der Waals surface area (Å²) in [5.41, 5.74) is 1.72. The largest absolute Gasteiger partial charge is 0.446 e. The van der Waals surface area contributed by atoms with Gasteiger partial charge in [-0.3, -0.25) is 5.32 Å². The predicted molar refractivity (Wildman–Crippen MR) is 86.8 cm³/mol. The van der Waals surface area contributed by atoms with Gasteiger partial charge in [-0.25, -0.2) is 4.79 Å². The zero-order valence-electron chi connectivity index (χ0n) is 12.6. The van der Waals surface area contributed by atoms with Gasteiger partial charge in [0.1, 0.15) is 6.10 Å². The van der Waals surface area contributed by atoms with E-state index < -0.39 is 6.09 Å². The topological polar surface area (TPSA) is 38.3 Å². The minimum atomic E-state index is -0.394. The third-order valence-electron chi connectivity index (χ3n) is 3.33. The summed E-state index contributed by atoms with van der Waals surface area (Å²) in [6, 6.07) is 5.68. The quantitative estimate of drug-likeness (QED) is 0.536. The molecular formula is C16H25NO2S. The molecule has 1 rings (SSSR count). The second-order valence-electron chi connectivity index (χ2n) is 5.03. The molecule has 0 fully saturated rings. The Balaban J connectivity index is 2.51. The van der Waals surface area contributed by atoms with Crippen LogP contribution in [0.3, 0.4) is 0 Å². The molecule has 1 N–H and O–H groups in total. The Morgan fingerprint density at radius 2 is 2.10 bits per heavy atom. The van der Waals surface area contributed by atoms with Gasteiger partial charge in [-0.2, -0.15) is 0 Å². The van der Waals surface area contributed by atoms with Gasteiger partial charge in [0.05, 0.1) is 5.69 Å². The van der Waals surface area contributed by atoms with Crippen molar-refractivity contribution < 1.29 is 9.53 Å². The monoisotopic (exact) mass is 295 g/mol. The molecule has 1 aromatic carbocycles. The maximum atomic E-state index is 11.9. The second-order valence-corrected chi connectivity index (χ2v) is 5.47. The van der Waals surface area contributed by atoms with Crippen molar-refractivity contribution >= 4 is 24.4 Å². The summed E-state index contributed by atoms with van der Waals surface area (Å²) < 4.78 is 5.46. The number of amides is 1. The first-order valence-corrected chi connectivity index (χ1v) is 7.79. The molecule has 0 aromatic heterocycles. The molecule has 20 heavy (non-hydrogen) atoms. The molecule has 1 unspecified atom stereocenters. The molecule has 1 atom stereocenters. The number of hydrogen-bond donors (Lipinski definition) is 2. The SMILES string of the molecule is CCCCCC(CC)OC(=O)Nc1cccc(C)c1S. The fraction of sp³-hybridized carbons (Fsp3) is 0.562. The lowest BCUT2D eigenvalue weighted by atomic mass is 10.1. The van der Waals surface area contributed by atoms with Crippen molar-refractivity contribution in [3.05, 3.63) is 23.8 Å². The smallest absolute Gasteiger partial charge is 0.411 e. The zero-order chi connectivity index (χ0) is 15.0. The number of nitrogens with one attached hydrogen (secondary N) is 1. The van der Waals surface area contributed by atoms with Crippen molar-refractivity contribution in [1.82, 2.24) is 0 Å². The number of aryl methyl sites for hydroxylation is 1. The number of hydrogen-bond acceptors (Lipinski definition) is 3. The number of thiol groups is 1. The molecule has 0 aliphatic rings. The van der Waals surface area contributed by atoms with Gasteiger partial charge in [-0.15, -0.1) is 12.6 Å². The van der Waals surface area contributed by atoms with Crippen LogP contribution in [-0.2, 0) is 4.74 Å². The van der Waals surface area contributed by atoms with Crippen molar-refractivity contribution in [2.75, 3.05) is 5.32 Å². The highest BCUT2D eigenvalue weighted by Gasteiger charge is 2.13. The Morgan fingerprint density at radius 3 is 2.75 bits per heavy atom. The summed E-state index contributed by atoms with van der Waals surface area (Å²) >= 11 is 4.40. The third kappa shape index (κ3) is 5.45. The zero-order valence-corrected chi connectivity index (χ0v) is 13.5. The number of benzene rings is 1. The summed E-state index contributed by atoms with van der Waals surface area (Å²) in [7, 11) is 0. The van der Waals surface area contributed by atoms with E-state index >= 15 is 0 Å². The molecule has 0 aliphatic carbocycles. The highest BCUT2D eigenvalue weighted by atomic mass is 32.1. The first-order chi connectivity index (χ1) is 9.58. The molecule has 0 radical (unpaired) electrons. The van der Waals surface area contributed by atoms with Crippen molar-refractivity contribution in [3.8, 4) is 0 Å². The molecule has 1 amide bonds. The highest BCUT2D eigenvalue weighted by Crippen LogP contribution is 2.23. The molecule has 0 heterocycles. The summed E-state index contributed by atoms with van der Waals surface area (Å²) in [5, 5.41) is 2.77. The maximum absolute atomic E-state index is 11.9. The van der Waals surface area contributed by atoms with Gasteiger partial charge in [0.25, 0.3) is 0 Å². The summed E-state index contributed by atoms with van der Waals surface area (Å²) in [4.78, 5) is 12.7. The third-order valence-corrected chi connectivity index (χ3v) is 3.93. The van der Waals surface area contributed by atoms with Gasteiger partial charge in [-0.05, 0) is 37.8 Å². The highest BCUT2D eigenvalue weighted by molar-refractivity contribution is 7.80. The van der Waals surface area contributed by atoms with Crippen LogP contribution in [0.25, 0.3) is 0 Å². The Kier molecular flexibility index (Phi) is 7.52. The van der Waals surface area contributed by atoms with Gasteiger partial charge in [0.15, 0.2) is 0 Å². The Hall–Kier alpha value is -1.16. The van der Waals surface area contributed by atoms with Crippen LogP contribution in [0, 0.1) is 6.92 Å². The van der Waals surface area contributed by atoms with E-state index in [1.54, 1.807) is 0 Å². The van der Waals surface area contributed by atoms with E-state index in [1.165, 1.54) is 12.8 Å². The lowest BCUT2D eigenvalue weighted by Gasteiger charge is -2.17. The van der Waals surface area contributed by atoms with Gasteiger partial charge in [0.2, 0.25) is 0 Å². The molecule has 0 bridgehead atoms. The molecule has 0 aliphatic heterocycles. The van der Waals surface area contributed by atoms with E-state index in [0.717, 1.165) is 29.7 Å². The van der Waals surface area contributed by atoms with E-state index in [-0.39, 0.29) is 6.10 Å².